The summed E-state index contributed by atoms with van der Waals surface area (Å²) in [6, 6.07) is 7.99. The molecule has 0 spiro atoms. The number of benzene rings is 1. The van der Waals surface area contributed by atoms with Crippen molar-refractivity contribution in [3.8, 4) is 0 Å². The Labute approximate surface area is 166 Å². The van der Waals surface area contributed by atoms with E-state index in [1.54, 1.807) is 18.7 Å². The first-order valence-electron chi connectivity index (χ1n) is 9.62. The smallest absolute Gasteiger partial charge is 0.225 e. The summed E-state index contributed by atoms with van der Waals surface area (Å²) >= 11 is 7.82. The third kappa shape index (κ3) is 4.55. The Morgan fingerprint density at radius 2 is 1.96 bits per heavy atom. The van der Waals surface area contributed by atoms with Crippen molar-refractivity contribution in [1.82, 2.24) is 4.90 Å². The quantitative estimate of drug-likeness (QED) is 0.692. The number of thioether (sulfide) groups is 1. The second-order valence-corrected chi connectivity index (χ2v) is 8.48. The topological polar surface area (TPSA) is 35.9 Å². The minimum atomic E-state index is 0.0148. The summed E-state index contributed by atoms with van der Waals surface area (Å²) in [4.78, 5) is 21.8. The van der Waals surface area contributed by atoms with Gasteiger partial charge in [-0.1, -0.05) is 49.5 Å². The fourth-order valence-corrected chi connectivity index (χ4v) is 5.15. The van der Waals surface area contributed by atoms with Gasteiger partial charge >= 0.3 is 0 Å². The van der Waals surface area contributed by atoms with E-state index >= 15 is 0 Å². The molecular formula is C20H28ClN3OS. The molecule has 0 N–H and O–H groups in total. The van der Waals surface area contributed by atoms with Crippen LogP contribution in [0.1, 0.15) is 52.4 Å². The van der Waals surface area contributed by atoms with Crippen molar-refractivity contribution >= 4 is 40.1 Å². The summed E-state index contributed by atoms with van der Waals surface area (Å²) in [5.41, 5.74) is 0.896. The number of amides is 1. The molecule has 0 bridgehead atoms. The summed E-state index contributed by atoms with van der Waals surface area (Å²) in [5, 5.41) is 1.80. The van der Waals surface area contributed by atoms with E-state index in [0.717, 1.165) is 29.6 Å². The largest absolute Gasteiger partial charge is 0.330 e. The third-order valence-corrected chi connectivity index (χ3v) is 6.36. The Kier molecular flexibility index (Phi) is 6.87. The van der Waals surface area contributed by atoms with E-state index in [1.165, 1.54) is 32.1 Å². The van der Waals surface area contributed by atoms with Gasteiger partial charge in [0.25, 0.3) is 0 Å². The van der Waals surface area contributed by atoms with Crippen molar-refractivity contribution in [3.63, 3.8) is 0 Å². The molecule has 1 saturated carbocycles. The van der Waals surface area contributed by atoms with E-state index in [9.17, 15) is 4.79 Å². The molecule has 1 atom stereocenters. The number of carbonyl (C=O) groups is 1. The molecule has 2 fully saturated rings. The average Bonchev–Trinajstić information content (AvgIpc) is 3.00. The van der Waals surface area contributed by atoms with E-state index in [1.807, 2.05) is 29.2 Å². The van der Waals surface area contributed by atoms with Gasteiger partial charge in [-0.05, 0) is 43.5 Å². The monoisotopic (exact) mass is 393 g/mol. The molecule has 1 saturated heterocycles. The van der Waals surface area contributed by atoms with Crippen LogP contribution < -0.4 is 4.90 Å². The van der Waals surface area contributed by atoms with Crippen LogP contribution in [0.5, 0.6) is 0 Å². The maximum absolute atomic E-state index is 12.5. The molecule has 4 nitrogen and oxygen atoms in total. The lowest BCUT2D eigenvalue weighted by Crippen LogP contribution is -2.50. The molecule has 1 aromatic carbocycles. The second kappa shape index (κ2) is 9.14. The molecule has 1 heterocycles. The first kappa shape index (κ1) is 19.6. The van der Waals surface area contributed by atoms with Gasteiger partial charge in [-0.15, -0.1) is 0 Å². The van der Waals surface area contributed by atoms with Crippen molar-refractivity contribution in [1.29, 1.82) is 0 Å². The van der Waals surface area contributed by atoms with Gasteiger partial charge in [-0.2, -0.15) is 0 Å². The fraction of sp³-hybridized carbons (Fsp3) is 0.600. The van der Waals surface area contributed by atoms with E-state index in [-0.39, 0.29) is 12.1 Å². The highest BCUT2D eigenvalue weighted by molar-refractivity contribution is 8.14. The van der Waals surface area contributed by atoms with Gasteiger partial charge in [0.1, 0.15) is 6.17 Å². The van der Waals surface area contributed by atoms with Crippen LogP contribution in [0.2, 0.25) is 5.02 Å². The number of anilines is 1. The SMILES string of the molecule is CCCN1C(=NC2CCCCC2)SCC1N(C(C)=O)c1ccc(Cl)cc1. The lowest BCUT2D eigenvalue weighted by molar-refractivity contribution is -0.117. The minimum Gasteiger partial charge on any atom is -0.330 e. The van der Waals surface area contributed by atoms with Gasteiger partial charge in [-0.3, -0.25) is 14.7 Å². The lowest BCUT2D eigenvalue weighted by atomic mass is 9.96. The van der Waals surface area contributed by atoms with Crippen LogP contribution in [0.3, 0.4) is 0 Å². The van der Waals surface area contributed by atoms with Gasteiger partial charge in [0, 0.05) is 29.9 Å². The number of nitrogens with zero attached hydrogens (tertiary/aromatic N) is 3. The predicted octanol–water partition coefficient (Wildman–Crippen LogP) is 5.17. The molecule has 1 aliphatic heterocycles. The van der Waals surface area contributed by atoms with Crippen LogP contribution in [0.25, 0.3) is 0 Å². The number of halogens is 1. The van der Waals surface area contributed by atoms with Gasteiger partial charge in [-0.25, -0.2) is 0 Å². The van der Waals surface area contributed by atoms with E-state index < -0.39 is 0 Å². The number of amidine groups is 1. The van der Waals surface area contributed by atoms with E-state index in [0.29, 0.717) is 11.1 Å². The van der Waals surface area contributed by atoms with Crippen LogP contribution in [0.15, 0.2) is 29.3 Å². The van der Waals surface area contributed by atoms with Crippen LogP contribution in [-0.2, 0) is 4.79 Å². The predicted molar refractivity (Wildman–Crippen MR) is 112 cm³/mol. The maximum Gasteiger partial charge on any atom is 0.225 e. The molecule has 26 heavy (non-hydrogen) atoms. The third-order valence-electron chi connectivity index (χ3n) is 5.04. The molecule has 1 aliphatic carbocycles. The minimum absolute atomic E-state index is 0.0148. The van der Waals surface area contributed by atoms with Gasteiger partial charge in [0.15, 0.2) is 5.17 Å². The van der Waals surface area contributed by atoms with Crippen LogP contribution in [-0.4, -0.2) is 40.5 Å². The van der Waals surface area contributed by atoms with Crippen LogP contribution in [0, 0.1) is 0 Å². The zero-order valence-corrected chi connectivity index (χ0v) is 17.2. The Balaban J connectivity index is 1.85. The first-order valence-corrected chi connectivity index (χ1v) is 11.0. The van der Waals surface area contributed by atoms with Gasteiger partial charge in [0.2, 0.25) is 5.91 Å². The lowest BCUT2D eigenvalue weighted by Gasteiger charge is -2.35. The van der Waals surface area contributed by atoms with E-state index in [4.69, 9.17) is 16.6 Å². The number of rotatable bonds is 5. The Bertz CT molecular complexity index is 643. The number of hydrogen-bond acceptors (Lipinski definition) is 3. The summed E-state index contributed by atoms with van der Waals surface area (Å²) < 4.78 is 0. The molecule has 3 rings (SSSR count). The van der Waals surface area contributed by atoms with E-state index in [2.05, 4.69) is 11.8 Å². The molecule has 6 heteroatoms. The summed E-state index contributed by atoms with van der Waals surface area (Å²) in [6.45, 7) is 4.74. The second-order valence-electron chi connectivity index (χ2n) is 7.05. The highest BCUT2D eigenvalue weighted by Gasteiger charge is 2.36. The summed E-state index contributed by atoms with van der Waals surface area (Å²) in [7, 11) is 0. The Morgan fingerprint density at radius 1 is 1.27 bits per heavy atom. The normalized spacial score (nSPS) is 22.8. The summed E-state index contributed by atoms with van der Waals surface area (Å²) in [5.74, 6) is 0.909. The molecular weight excluding hydrogens is 366 g/mol. The molecule has 1 amide bonds. The number of carbonyl (C=O) groups excluding carboxylic acids is 1. The standard InChI is InChI=1S/C20H28ClN3OS/c1-3-13-23-19(14-26-20(23)22-17-7-5-4-6-8-17)24(15(2)25)18-11-9-16(21)10-12-18/h9-12,17,19H,3-8,13-14H2,1-2H3. The summed E-state index contributed by atoms with van der Waals surface area (Å²) in [6.07, 6.45) is 7.35. The molecule has 0 radical (unpaired) electrons. The highest BCUT2D eigenvalue weighted by Crippen LogP contribution is 2.32. The molecule has 0 aromatic heterocycles. The molecule has 1 unspecified atom stereocenters. The molecule has 1 aromatic rings. The van der Waals surface area contributed by atoms with Gasteiger partial charge < -0.3 is 4.90 Å². The van der Waals surface area contributed by atoms with Crippen molar-refractivity contribution in [2.24, 2.45) is 4.99 Å². The zero-order chi connectivity index (χ0) is 18.5. The number of aliphatic imine (C=N–C) groups is 1. The molecule has 142 valence electrons. The first-order chi connectivity index (χ1) is 12.6. The fourth-order valence-electron chi connectivity index (χ4n) is 3.79. The van der Waals surface area contributed by atoms with Crippen molar-refractivity contribution in [3.05, 3.63) is 29.3 Å². The highest BCUT2D eigenvalue weighted by atomic mass is 35.5. The van der Waals surface area contributed by atoms with Gasteiger partial charge in [0.05, 0.1) is 6.04 Å². The van der Waals surface area contributed by atoms with Crippen molar-refractivity contribution in [2.75, 3.05) is 17.2 Å². The maximum atomic E-state index is 12.5. The Morgan fingerprint density at radius 3 is 2.58 bits per heavy atom. The van der Waals surface area contributed by atoms with Crippen LogP contribution in [0.4, 0.5) is 5.69 Å². The van der Waals surface area contributed by atoms with Crippen LogP contribution >= 0.6 is 23.4 Å². The average molecular weight is 394 g/mol. The Hall–Kier alpha value is -1.20. The zero-order valence-electron chi connectivity index (χ0n) is 15.7. The van der Waals surface area contributed by atoms with Crippen molar-refractivity contribution < 1.29 is 4.79 Å². The van der Waals surface area contributed by atoms with Crippen molar-refractivity contribution in [2.45, 2.75) is 64.6 Å². The number of hydrogen-bond donors (Lipinski definition) is 0. The molecule has 2 aliphatic rings.